The Morgan fingerprint density at radius 1 is 1.10 bits per heavy atom. The fraction of sp³-hybridized carbons (Fsp3) is 0.435. The summed E-state index contributed by atoms with van der Waals surface area (Å²) >= 11 is 0. The number of aromatic nitrogens is 7. The Hall–Kier alpha value is -3.29. The van der Waals surface area contributed by atoms with Gasteiger partial charge in [0.2, 0.25) is 5.82 Å². The number of H-pyrrole nitrogens is 1. The maximum Gasteiger partial charge on any atom is 0.208 e. The molecule has 2 aromatic heterocycles. The lowest BCUT2D eigenvalue weighted by atomic mass is 9.86. The van der Waals surface area contributed by atoms with Gasteiger partial charge in [-0.25, -0.2) is 9.67 Å². The number of benzene rings is 1. The van der Waals surface area contributed by atoms with Gasteiger partial charge in [-0.1, -0.05) is 69.7 Å². The molecule has 0 saturated carbocycles. The Kier molecular flexibility index (Phi) is 5.71. The predicted octanol–water partition coefficient (Wildman–Crippen LogP) is 3.40. The third-order valence-corrected chi connectivity index (χ3v) is 5.48. The van der Waals surface area contributed by atoms with Crippen LogP contribution in [0.1, 0.15) is 69.1 Å². The van der Waals surface area contributed by atoms with Crippen LogP contribution in [0.25, 0.3) is 0 Å². The van der Waals surface area contributed by atoms with Crippen molar-refractivity contribution in [1.82, 2.24) is 40.7 Å². The van der Waals surface area contributed by atoms with E-state index in [0.29, 0.717) is 5.82 Å². The van der Waals surface area contributed by atoms with E-state index in [2.05, 4.69) is 82.6 Å². The van der Waals surface area contributed by atoms with Gasteiger partial charge in [0, 0.05) is 18.4 Å². The molecule has 31 heavy (non-hydrogen) atoms. The average molecular weight is 419 g/mol. The minimum Gasteiger partial charge on any atom is -0.372 e. The van der Waals surface area contributed by atoms with E-state index in [-0.39, 0.29) is 5.41 Å². The van der Waals surface area contributed by atoms with Gasteiger partial charge >= 0.3 is 0 Å². The fourth-order valence-electron chi connectivity index (χ4n) is 3.64. The number of hydrogen-bond acceptors (Lipinski definition) is 6. The number of dihydropyridines is 1. The lowest BCUT2D eigenvalue weighted by Crippen LogP contribution is -2.40. The summed E-state index contributed by atoms with van der Waals surface area (Å²) in [6.07, 6.45) is 10.8. The van der Waals surface area contributed by atoms with Crippen LogP contribution >= 0.6 is 0 Å². The van der Waals surface area contributed by atoms with Crippen LogP contribution in [0.2, 0.25) is 0 Å². The van der Waals surface area contributed by atoms with Gasteiger partial charge in [0.25, 0.3) is 0 Å². The molecule has 0 spiro atoms. The molecule has 3 aromatic rings. The van der Waals surface area contributed by atoms with E-state index in [9.17, 15) is 0 Å². The van der Waals surface area contributed by atoms with Gasteiger partial charge in [0.05, 0.1) is 0 Å². The molecular formula is C23H30N8. The van der Waals surface area contributed by atoms with Gasteiger partial charge in [-0.05, 0) is 35.9 Å². The van der Waals surface area contributed by atoms with Gasteiger partial charge in [0.1, 0.15) is 11.4 Å². The van der Waals surface area contributed by atoms with Crippen molar-refractivity contribution in [2.75, 3.05) is 0 Å². The first kappa shape index (κ1) is 21.0. The van der Waals surface area contributed by atoms with E-state index in [1.807, 2.05) is 24.4 Å². The van der Waals surface area contributed by atoms with E-state index < -0.39 is 5.54 Å². The van der Waals surface area contributed by atoms with E-state index in [0.717, 1.165) is 43.0 Å². The molecule has 8 nitrogen and oxygen atoms in total. The second-order valence-corrected chi connectivity index (χ2v) is 8.96. The van der Waals surface area contributed by atoms with Crippen molar-refractivity contribution in [2.45, 2.75) is 64.5 Å². The molecule has 1 unspecified atom stereocenters. The molecule has 162 valence electrons. The number of allylic oxidation sites excluding steroid dienone is 2. The Bertz CT molecular complexity index is 1050. The monoisotopic (exact) mass is 418 g/mol. The summed E-state index contributed by atoms with van der Waals surface area (Å²) in [6.45, 7) is 9.56. The van der Waals surface area contributed by atoms with Crippen molar-refractivity contribution >= 4 is 0 Å². The first-order valence-electron chi connectivity index (χ1n) is 10.8. The second-order valence-electron chi connectivity index (χ2n) is 8.96. The Morgan fingerprint density at radius 2 is 1.90 bits per heavy atom. The molecule has 3 heterocycles. The van der Waals surface area contributed by atoms with Crippen LogP contribution in [-0.4, -0.2) is 35.4 Å². The SMILES string of the molecule is CCCCn1nc(C(C)(C)C)nc1Cc1ccc(C2(c3nn[nH]n3)C=CC=CN2)cc1. The summed E-state index contributed by atoms with van der Waals surface area (Å²) in [5, 5.41) is 23.0. The topological polar surface area (TPSA) is 97.2 Å². The number of aromatic amines is 1. The molecule has 0 fully saturated rings. The van der Waals surface area contributed by atoms with Gasteiger partial charge < -0.3 is 5.32 Å². The van der Waals surface area contributed by atoms with E-state index >= 15 is 0 Å². The van der Waals surface area contributed by atoms with Gasteiger partial charge in [-0.3, -0.25) is 0 Å². The Morgan fingerprint density at radius 3 is 2.52 bits per heavy atom. The Labute approximate surface area is 182 Å². The standard InChI is InChI=1S/C23H30N8/c1-5-6-15-31-19(25-20(28-31)22(2,3)4)16-17-9-11-18(12-10-17)23(13-7-8-14-24-23)21-26-29-30-27-21/h7-14,24H,5-6,15-16H2,1-4H3,(H,26,27,29,30). The summed E-state index contributed by atoms with van der Waals surface area (Å²) < 4.78 is 2.08. The molecule has 0 saturated heterocycles. The number of aryl methyl sites for hydroxylation is 1. The lowest BCUT2D eigenvalue weighted by Gasteiger charge is -2.30. The van der Waals surface area contributed by atoms with Crippen molar-refractivity contribution < 1.29 is 0 Å². The first-order valence-corrected chi connectivity index (χ1v) is 10.8. The molecule has 0 amide bonds. The highest BCUT2D eigenvalue weighted by Gasteiger charge is 2.35. The molecular weight excluding hydrogens is 388 g/mol. The van der Waals surface area contributed by atoms with Crippen molar-refractivity contribution in [3.05, 3.63) is 77.3 Å². The molecule has 0 radical (unpaired) electrons. The zero-order valence-electron chi connectivity index (χ0n) is 18.6. The average Bonchev–Trinajstić information content (AvgIpc) is 3.44. The number of nitrogens with one attached hydrogen (secondary N) is 2. The predicted molar refractivity (Wildman–Crippen MR) is 119 cm³/mol. The summed E-state index contributed by atoms with van der Waals surface area (Å²) in [4.78, 5) is 4.88. The van der Waals surface area contributed by atoms with Crippen molar-refractivity contribution in [3.63, 3.8) is 0 Å². The largest absolute Gasteiger partial charge is 0.372 e. The smallest absolute Gasteiger partial charge is 0.208 e. The molecule has 1 aromatic carbocycles. The first-order chi connectivity index (χ1) is 14.9. The maximum atomic E-state index is 4.88. The van der Waals surface area contributed by atoms with Crippen molar-refractivity contribution in [2.24, 2.45) is 0 Å². The number of rotatable bonds is 7. The van der Waals surface area contributed by atoms with Crippen LogP contribution < -0.4 is 5.32 Å². The Balaban J connectivity index is 1.61. The van der Waals surface area contributed by atoms with Gasteiger partial charge in [-0.15, -0.1) is 10.2 Å². The highest BCUT2D eigenvalue weighted by atomic mass is 15.5. The van der Waals surface area contributed by atoms with Crippen molar-refractivity contribution in [1.29, 1.82) is 0 Å². The van der Waals surface area contributed by atoms with Crippen LogP contribution in [0.4, 0.5) is 0 Å². The molecule has 0 bridgehead atoms. The number of unbranched alkanes of at least 4 members (excludes halogenated alkanes) is 1. The molecule has 1 aliphatic rings. The van der Waals surface area contributed by atoms with Crippen LogP contribution in [0.15, 0.2) is 48.7 Å². The number of hydrogen-bond donors (Lipinski definition) is 2. The minimum absolute atomic E-state index is 0.0699. The minimum atomic E-state index is -0.638. The zero-order chi connectivity index (χ0) is 21.9. The van der Waals surface area contributed by atoms with Crippen molar-refractivity contribution in [3.8, 4) is 0 Å². The summed E-state index contributed by atoms with van der Waals surface area (Å²) in [7, 11) is 0. The van der Waals surface area contributed by atoms with E-state index in [1.165, 1.54) is 5.56 Å². The summed E-state index contributed by atoms with van der Waals surface area (Å²) in [6, 6.07) is 8.50. The highest BCUT2D eigenvalue weighted by Crippen LogP contribution is 2.30. The molecule has 4 rings (SSSR count). The van der Waals surface area contributed by atoms with E-state index in [1.54, 1.807) is 0 Å². The van der Waals surface area contributed by atoms with E-state index in [4.69, 9.17) is 10.1 Å². The number of tetrazole rings is 1. The normalized spacial score (nSPS) is 18.3. The van der Waals surface area contributed by atoms with Crippen LogP contribution in [0, 0.1) is 0 Å². The third-order valence-electron chi connectivity index (χ3n) is 5.48. The maximum absolute atomic E-state index is 4.88. The van der Waals surface area contributed by atoms with Gasteiger partial charge in [-0.2, -0.15) is 10.3 Å². The zero-order valence-corrected chi connectivity index (χ0v) is 18.6. The van der Waals surface area contributed by atoms with Crippen LogP contribution in [0.5, 0.6) is 0 Å². The molecule has 2 N–H and O–H groups in total. The summed E-state index contributed by atoms with van der Waals surface area (Å²) in [5.74, 6) is 2.49. The quantitative estimate of drug-likeness (QED) is 0.610. The molecule has 1 atom stereocenters. The number of nitrogens with zero attached hydrogens (tertiary/aromatic N) is 6. The van der Waals surface area contributed by atoms with Crippen LogP contribution in [0.3, 0.4) is 0 Å². The lowest BCUT2D eigenvalue weighted by molar-refractivity contribution is 0.509. The summed E-state index contributed by atoms with van der Waals surface area (Å²) in [5.41, 5.74) is 1.52. The highest BCUT2D eigenvalue weighted by molar-refractivity contribution is 5.42. The molecule has 0 aliphatic carbocycles. The van der Waals surface area contributed by atoms with Crippen LogP contribution in [-0.2, 0) is 23.9 Å². The third kappa shape index (κ3) is 4.28. The second kappa shape index (κ2) is 8.45. The van der Waals surface area contributed by atoms with Gasteiger partial charge in [0.15, 0.2) is 5.82 Å². The fourth-order valence-corrected chi connectivity index (χ4v) is 3.64. The molecule has 8 heteroatoms. The molecule has 1 aliphatic heterocycles.